The molecular formula is C14H22N4O. The van der Waals surface area contributed by atoms with Gasteiger partial charge in [0.15, 0.2) is 0 Å². The van der Waals surface area contributed by atoms with Gasteiger partial charge in [-0.15, -0.1) is 0 Å². The van der Waals surface area contributed by atoms with Crippen molar-refractivity contribution in [2.24, 2.45) is 5.73 Å². The van der Waals surface area contributed by atoms with Gasteiger partial charge in [-0.3, -0.25) is 9.69 Å². The molecule has 0 unspecified atom stereocenters. The van der Waals surface area contributed by atoms with Crippen LogP contribution in [0.3, 0.4) is 0 Å². The van der Waals surface area contributed by atoms with Crippen LogP contribution in [0, 0.1) is 0 Å². The summed E-state index contributed by atoms with van der Waals surface area (Å²) in [7, 11) is 0. The van der Waals surface area contributed by atoms with Crippen molar-refractivity contribution in [3.63, 3.8) is 0 Å². The molecule has 4 N–H and O–H groups in total. The van der Waals surface area contributed by atoms with Gasteiger partial charge in [0.1, 0.15) is 0 Å². The van der Waals surface area contributed by atoms with E-state index in [9.17, 15) is 4.79 Å². The quantitative estimate of drug-likeness (QED) is 0.791. The van der Waals surface area contributed by atoms with Gasteiger partial charge < -0.3 is 16.4 Å². The number of primary amides is 1. The summed E-state index contributed by atoms with van der Waals surface area (Å²) >= 11 is 0. The summed E-state index contributed by atoms with van der Waals surface area (Å²) in [5.74, 6) is -0.411. The number of nitrogens with two attached hydrogens (primary N) is 2. The number of nitrogen functional groups attached to an aromatic ring is 1. The minimum atomic E-state index is -0.411. The van der Waals surface area contributed by atoms with Crippen LogP contribution >= 0.6 is 0 Å². The third kappa shape index (κ3) is 3.17. The average Bonchev–Trinajstić information content (AvgIpc) is 2.40. The van der Waals surface area contributed by atoms with Gasteiger partial charge in [-0.2, -0.15) is 0 Å². The number of hydrogen-bond acceptors (Lipinski definition) is 4. The minimum Gasteiger partial charge on any atom is -0.397 e. The predicted octanol–water partition coefficient (Wildman–Crippen LogP) is 0.900. The zero-order valence-electron chi connectivity index (χ0n) is 11.4. The Bertz CT molecular complexity index is 453. The SMILES string of the molecule is CCCN1CCN(c2cc(C(N)=O)ccc2N)CC1. The standard InChI is InChI=1S/C14H22N4O/c1-2-5-17-6-8-18(9-7-17)13-10-11(14(16)19)3-4-12(13)15/h3-4,10H,2,5-9,15H2,1H3,(H2,16,19). The van der Waals surface area contributed by atoms with E-state index in [2.05, 4.69) is 16.7 Å². The Hall–Kier alpha value is -1.75. The first-order valence-corrected chi connectivity index (χ1v) is 6.78. The van der Waals surface area contributed by atoms with Gasteiger partial charge in [-0.05, 0) is 31.2 Å². The molecular weight excluding hydrogens is 240 g/mol. The first kappa shape index (κ1) is 13.7. The molecule has 0 atom stereocenters. The van der Waals surface area contributed by atoms with Crippen molar-refractivity contribution in [2.75, 3.05) is 43.4 Å². The highest BCUT2D eigenvalue weighted by Crippen LogP contribution is 2.25. The number of carbonyl (C=O) groups is 1. The molecule has 5 nitrogen and oxygen atoms in total. The molecule has 5 heteroatoms. The molecule has 0 spiro atoms. The summed E-state index contributed by atoms with van der Waals surface area (Å²) in [6.45, 7) is 7.28. The molecule has 1 aliphatic heterocycles. The molecule has 104 valence electrons. The third-order valence-corrected chi connectivity index (χ3v) is 3.57. The van der Waals surface area contributed by atoms with E-state index in [1.807, 2.05) is 0 Å². The van der Waals surface area contributed by atoms with E-state index in [1.165, 1.54) is 6.42 Å². The van der Waals surface area contributed by atoms with Crippen LogP contribution in [0.25, 0.3) is 0 Å². The number of rotatable bonds is 4. The number of amides is 1. The largest absolute Gasteiger partial charge is 0.397 e. The molecule has 19 heavy (non-hydrogen) atoms. The zero-order chi connectivity index (χ0) is 13.8. The lowest BCUT2D eigenvalue weighted by Gasteiger charge is -2.36. The van der Waals surface area contributed by atoms with Gasteiger partial charge >= 0.3 is 0 Å². The van der Waals surface area contributed by atoms with Gasteiger partial charge in [0.05, 0.1) is 11.4 Å². The number of benzene rings is 1. The minimum absolute atomic E-state index is 0.411. The summed E-state index contributed by atoms with van der Waals surface area (Å²) in [6, 6.07) is 5.23. The van der Waals surface area contributed by atoms with Crippen molar-refractivity contribution in [3.05, 3.63) is 23.8 Å². The summed E-state index contributed by atoms with van der Waals surface area (Å²) in [4.78, 5) is 15.9. The first-order chi connectivity index (χ1) is 9.11. The molecule has 0 radical (unpaired) electrons. The third-order valence-electron chi connectivity index (χ3n) is 3.57. The van der Waals surface area contributed by atoms with Crippen LogP contribution in [-0.4, -0.2) is 43.5 Å². The van der Waals surface area contributed by atoms with Crippen LogP contribution in [0.2, 0.25) is 0 Å². The Morgan fingerprint density at radius 3 is 2.53 bits per heavy atom. The fourth-order valence-corrected chi connectivity index (χ4v) is 2.50. The van der Waals surface area contributed by atoms with Crippen LogP contribution in [0.15, 0.2) is 18.2 Å². The van der Waals surface area contributed by atoms with Gasteiger partial charge in [0.25, 0.3) is 0 Å². The van der Waals surface area contributed by atoms with Crippen LogP contribution in [0.5, 0.6) is 0 Å². The van der Waals surface area contributed by atoms with E-state index < -0.39 is 5.91 Å². The number of nitrogens with zero attached hydrogens (tertiary/aromatic N) is 2. The maximum atomic E-state index is 11.2. The predicted molar refractivity (Wildman–Crippen MR) is 78.3 cm³/mol. The second kappa shape index (κ2) is 5.93. The number of piperazine rings is 1. The molecule has 1 heterocycles. The molecule has 0 aromatic heterocycles. The van der Waals surface area contributed by atoms with Gasteiger partial charge in [-0.25, -0.2) is 0 Å². The van der Waals surface area contributed by atoms with Gasteiger partial charge in [-0.1, -0.05) is 6.92 Å². The fourth-order valence-electron chi connectivity index (χ4n) is 2.50. The lowest BCUT2D eigenvalue weighted by atomic mass is 10.1. The Morgan fingerprint density at radius 2 is 1.95 bits per heavy atom. The number of carbonyl (C=O) groups excluding carboxylic acids is 1. The molecule has 1 fully saturated rings. The summed E-state index contributed by atoms with van der Waals surface area (Å²) in [6.07, 6.45) is 1.18. The Kier molecular flexibility index (Phi) is 4.27. The summed E-state index contributed by atoms with van der Waals surface area (Å²) in [5.41, 5.74) is 13.5. The van der Waals surface area contributed by atoms with Crippen molar-refractivity contribution >= 4 is 17.3 Å². The smallest absolute Gasteiger partial charge is 0.248 e. The monoisotopic (exact) mass is 262 g/mol. The lowest BCUT2D eigenvalue weighted by molar-refractivity contribution is 0.100. The maximum absolute atomic E-state index is 11.2. The zero-order valence-corrected chi connectivity index (χ0v) is 11.4. The maximum Gasteiger partial charge on any atom is 0.248 e. The van der Waals surface area contributed by atoms with Gasteiger partial charge in [0.2, 0.25) is 5.91 Å². The summed E-state index contributed by atoms with van der Waals surface area (Å²) in [5, 5.41) is 0. The highest BCUT2D eigenvalue weighted by Gasteiger charge is 2.18. The Morgan fingerprint density at radius 1 is 1.26 bits per heavy atom. The normalized spacial score (nSPS) is 16.6. The second-order valence-corrected chi connectivity index (χ2v) is 4.97. The average molecular weight is 262 g/mol. The highest BCUT2D eigenvalue weighted by molar-refractivity contribution is 5.95. The van der Waals surface area contributed by atoms with E-state index in [4.69, 9.17) is 11.5 Å². The fraction of sp³-hybridized carbons (Fsp3) is 0.500. The lowest BCUT2D eigenvalue weighted by Crippen LogP contribution is -2.46. The van der Waals surface area contributed by atoms with E-state index in [0.717, 1.165) is 38.4 Å². The van der Waals surface area contributed by atoms with E-state index in [-0.39, 0.29) is 0 Å². The van der Waals surface area contributed by atoms with E-state index in [1.54, 1.807) is 18.2 Å². The van der Waals surface area contributed by atoms with Crippen molar-refractivity contribution < 1.29 is 4.79 Å². The molecule has 1 aliphatic rings. The molecule has 0 bridgehead atoms. The molecule has 1 aromatic carbocycles. The molecule has 1 amide bonds. The van der Waals surface area contributed by atoms with Crippen LogP contribution in [0.1, 0.15) is 23.7 Å². The molecule has 1 saturated heterocycles. The first-order valence-electron chi connectivity index (χ1n) is 6.78. The number of anilines is 2. The van der Waals surface area contributed by atoms with Crippen molar-refractivity contribution in [1.29, 1.82) is 0 Å². The summed E-state index contributed by atoms with van der Waals surface area (Å²) < 4.78 is 0. The second-order valence-electron chi connectivity index (χ2n) is 4.97. The van der Waals surface area contributed by atoms with Gasteiger partial charge in [0, 0.05) is 31.7 Å². The molecule has 0 saturated carbocycles. The van der Waals surface area contributed by atoms with Crippen molar-refractivity contribution in [2.45, 2.75) is 13.3 Å². The Balaban J connectivity index is 2.10. The molecule has 0 aliphatic carbocycles. The highest BCUT2D eigenvalue weighted by atomic mass is 16.1. The molecule has 2 rings (SSSR count). The van der Waals surface area contributed by atoms with Crippen molar-refractivity contribution in [3.8, 4) is 0 Å². The van der Waals surface area contributed by atoms with E-state index >= 15 is 0 Å². The van der Waals surface area contributed by atoms with Crippen molar-refractivity contribution in [1.82, 2.24) is 4.90 Å². The Labute approximate surface area is 114 Å². The topological polar surface area (TPSA) is 75.6 Å². The van der Waals surface area contributed by atoms with Crippen LogP contribution in [0.4, 0.5) is 11.4 Å². The van der Waals surface area contributed by atoms with Crippen LogP contribution < -0.4 is 16.4 Å². The number of hydrogen-bond donors (Lipinski definition) is 2. The van der Waals surface area contributed by atoms with Crippen LogP contribution in [-0.2, 0) is 0 Å². The van der Waals surface area contributed by atoms with E-state index in [0.29, 0.717) is 11.3 Å². The molecule has 1 aromatic rings.